The number of benzene rings is 1. The third-order valence-corrected chi connectivity index (χ3v) is 6.51. The molecule has 1 heterocycles. The van der Waals surface area contributed by atoms with Crippen LogP contribution in [0.3, 0.4) is 0 Å². The van der Waals surface area contributed by atoms with Crippen molar-refractivity contribution >= 4 is 5.96 Å². The highest BCUT2D eigenvalue weighted by molar-refractivity contribution is 5.80. The van der Waals surface area contributed by atoms with E-state index in [9.17, 15) is 0 Å². The summed E-state index contributed by atoms with van der Waals surface area (Å²) in [5, 5.41) is 16.0. The van der Waals surface area contributed by atoms with Gasteiger partial charge in [0.15, 0.2) is 17.5 Å². The van der Waals surface area contributed by atoms with Crippen LogP contribution in [0.15, 0.2) is 23.2 Å². The maximum atomic E-state index is 8.96. The topological polar surface area (TPSA) is 78.4 Å². The van der Waals surface area contributed by atoms with Crippen molar-refractivity contribution in [2.24, 2.45) is 10.9 Å². The Bertz CT molecular complexity index is 698. The lowest BCUT2D eigenvalue weighted by Crippen LogP contribution is -2.49. The average Bonchev–Trinajstić information content (AvgIpc) is 2.83. The van der Waals surface area contributed by atoms with Crippen LogP contribution < -0.4 is 20.1 Å². The van der Waals surface area contributed by atoms with E-state index in [1.165, 1.54) is 64.6 Å². The maximum Gasteiger partial charge on any atom is 0.191 e. The number of guanidine groups is 1. The van der Waals surface area contributed by atoms with E-state index in [0.717, 1.165) is 24.0 Å². The number of hydrogen-bond donors (Lipinski definition) is 3. The average molecular weight is 447 g/mol. The van der Waals surface area contributed by atoms with Crippen LogP contribution in [0.5, 0.6) is 11.5 Å². The highest BCUT2D eigenvalue weighted by atomic mass is 16.5. The summed E-state index contributed by atoms with van der Waals surface area (Å²) in [5.41, 5.74) is 1.05. The Balaban J connectivity index is 1.49. The van der Waals surface area contributed by atoms with Crippen LogP contribution in [0.2, 0.25) is 0 Å². The van der Waals surface area contributed by atoms with Crippen molar-refractivity contribution < 1.29 is 14.6 Å². The lowest BCUT2D eigenvalue weighted by molar-refractivity contribution is 0.160. The molecule has 180 valence electrons. The zero-order valence-corrected chi connectivity index (χ0v) is 19.9. The second-order valence-corrected chi connectivity index (χ2v) is 8.98. The predicted molar refractivity (Wildman–Crippen MR) is 130 cm³/mol. The third kappa shape index (κ3) is 7.85. The molecular formula is C25H42N4O3. The fourth-order valence-electron chi connectivity index (χ4n) is 4.76. The van der Waals surface area contributed by atoms with Crippen LogP contribution in [0.4, 0.5) is 0 Å². The molecule has 0 unspecified atom stereocenters. The molecule has 3 rings (SSSR count). The van der Waals surface area contributed by atoms with Crippen molar-refractivity contribution in [3.63, 3.8) is 0 Å². The summed E-state index contributed by atoms with van der Waals surface area (Å²) in [6, 6.07) is 6.29. The Labute approximate surface area is 193 Å². The molecule has 1 aromatic carbocycles. The first-order valence-electron chi connectivity index (χ1n) is 12.4. The van der Waals surface area contributed by atoms with Gasteiger partial charge in [-0.3, -0.25) is 0 Å². The Morgan fingerprint density at radius 3 is 2.59 bits per heavy atom. The van der Waals surface area contributed by atoms with Gasteiger partial charge in [-0.05, 0) is 56.2 Å². The minimum absolute atomic E-state index is 0.0214. The molecule has 0 amide bonds. The molecule has 1 saturated heterocycles. The van der Waals surface area contributed by atoms with Crippen molar-refractivity contribution in [2.45, 2.75) is 64.5 Å². The summed E-state index contributed by atoms with van der Waals surface area (Å²) < 4.78 is 10.9. The van der Waals surface area contributed by atoms with E-state index in [1.54, 1.807) is 7.11 Å². The van der Waals surface area contributed by atoms with Gasteiger partial charge in [0.2, 0.25) is 0 Å². The van der Waals surface area contributed by atoms with Crippen molar-refractivity contribution in [1.29, 1.82) is 0 Å². The van der Waals surface area contributed by atoms with Crippen molar-refractivity contribution in [3.05, 3.63) is 23.8 Å². The normalized spacial score (nSPS) is 19.0. The number of methoxy groups -OCH3 is 1. The Morgan fingerprint density at radius 1 is 1.12 bits per heavy atom. The fraction of sp³-hybridized carbons (Fsp3) is 0.720. The number of piperidine rings is 1. The zero-order valence-electron chi connectivity index (χ0n) is 19.9. The Morgan fingerprint density at radius 2 is 1.91 bits per heavy atom. The number of aliphatic imine (C=N–C) groups is 1. The van der Waals surface area contributed by atoms with E-state index in [0.29, 0.717) is 24.1 Å². The van der Waals surface area contributed by atoms with Gasteiger partial charge in [-0.25, -0.2) is 4.99 Å². The summed E-state index contributed by atoms with van der Waals surface area (Å²) in [5.74, 6) is 3.09. The second kappa shape index (κ2) is 13.5. The quantitative estimate of drug-likeness (QED) is 0.379. The number of rotatable bonds is 10. The van der Waals surface area contributed by atoms with E-state index in [1.807, 2.05) is 18.2 Å². The van der Waals surface area contributed by atoms with Crippen molar-refractivity contribution in [1.82, 2.24) is 15.5 Å². The van der Waals surface area contributed by atoms with Crippen LogP contribution in [0.25, 0.3) is 0 Å². The molecule has 1 aromatic rings. The van der Waals surface area contributed by atoms with Crippen LogP contribution in [-0.4, -0.2) is 68.5 Å². The summed E-state index contributed by atoms with van der Waals surface area (Å²) in [6.07, 6.45) is 9.47. The first-order valence-corrected chi connectivity index (χ1v) is 12.4. The number of aliphatic hydroxyl groups is 1. The molecule has 1 aliphatic carbocycles. The minimum atomic E-state index is -0.0214. The van der Waals surface area contributed by atoms with E-state index >= 15 is 0 Å². The molecular weight excluding hydrogens is 404 g/mol. The van der Waals surface area contributed by atoms with Gasteiger partial charge in [-0.2, -0.15) is 0 Å². The minimum Gasteiger partial charge on any atom is -0.493 e. The summed E-state index contributed by atoms with van der Waals surface area (Å²) in [6.45, 7) is 7.38. The van der Waals surface area contributed by atoms with Crippen LogP contribution in [0, 0.1) is 5.92 Å². The van der Waals surface area contributed by atoms with Crippen LogP contribution >= 0.6 is 0 Å². The Hall–Kier alpha value is -1.99. The highest BCUT2D eigenvalue weighted by Gasteiger charge is 2.23. The predicted octanol–water partition coefficient (Wildman–Crippen LogP) is 3.17. The molecule has 32 heavy (non-hydrogen) atoms. The van der Waals surface area contributed by atoms with Gasteiger partial charge in [-0.15, -0.1) is 0 Å². The van der Waals surface area contributed by atoms with E-state index in [-0.39, 0.29) is 13.2 Å². The molecule has 1 aliphatic heterocycles. The number of hydrogen-bond acceptors (Lipinski definition) is 5. The summed E-state index contributed by atoms with van der Waals surface area (Å²) in [7, 11) is 1.63. The molecule has 7 nitrogen and oxygen atoms in total. The molecule has 0 atom stereocenters. The number of aliphatic hydroxyl groups excluding tert-OH is 1. The highest BCUT2D eigenvalue weighted by Crippen LogP contribution is 2.28. The first-order chi connectivity index (χ1) is 15.7. The zero-order chi connectivity index (χ0) is 22.6. The van der Waals surface area contributed by atoms with Crippen molar-refractivity contribution in [3.8, 4) is 11.5 Å². The molecule has 0 radical (unpaired) electrons. The van der Waals surface area contributed by atoms with Gasteiger partial charge >= 0.3 is 0 Å². The lowest BCUT2D eigenvalue weighted by atomic mass is 9.88. The molecule has 1 saturated carbocycles. The standard InChI is InChI=1S/C25H42N4O3/c1-3-26-25(27-18-21-9-10-23(32-16-15-30)24(17-21)31-2)28-22-11-13-29(14-12-22)19-20-7-5-4-6-8-20/h9-10,17,20,22,30H,3-8,11-16,18-19H2,1-2H3,(H2,26,27,28). The molecule has 3 N–H and O–H groups in total. The Kier molecular flexibility index (Phi) is 10.4. The largest absolute Gasteiger partial charge is 0.493 e. The van der Waals surface area contributed by atoms with E-state index in [4.69, 9.17) is 19.6 Å². The number of likely N-dealkylation sites (tertiary alicyclic amines) is 1. The molecule has 0 spiro atoms. The van der Waals surface area contributed by atoms with E-state index in [2.05, 4.69) is 22.5 Å². The van der Waals surface area contributed by atoms with Gasteiger partial charge in [-0.1, -0.05) is 25.3 Å². The monoisotopic (exact) mass is 446 g/mol. The van der Waals surface area contributed by atoms with Crippen LogP contribution in [0.1, 0.15) is 57.4 Å². The van der Waals surface area contributed by atoms with Crippen molar-refractivity contribution in [2.75, 3.05) is 46.5 Å². The van der Waals surface area contributed by atoms with Gasteiger partial charge < -0.3 is 30.1 Å². The van der Waals surface area contributed by atoms with E-state index < -0.39 is 0 Å². The molecule has 2 aliphatic rings. The van der Waals surface area contributed by atoms with Gasteiger partial charge in [0, 0.05) is 32.2 Å². The fourth-order valence-corrected chi connectivity index (χ4v) is 4.76. The number of nitrogens with one attached hydrogen (secondary N) is 2. The smallest absolute Gasteiger partial charge is 0.191 e. The summed E-state index contributed by atoms with van der Waals surface area (Å²) in [4.78, 5) is 7.47. The van der Waals surface area contributed by atoms with Gasteiger partial charge in [0.05, 0.1) is 20.3 Å². The lowest BCUT2D eigenvalue weighted by Gasteiger charge is -2.36. The first kappa shape index (κ1) is 24.6. The maximum absolute atomic E-state index is 8.96. The van der Waals surface area contributed by atoms with Gasteiger partial charge in [0.25, 0.3) is 0 Å². The molecule has 2 fully saturated rings. The second-order valence-electron chi connectivity index (χ2n) is 8.98. The summed E-state index contributed by atoms with van der Waals surface area (Å²) >= 11 is 0. The SMILES string of the molecule is CCNC(=NCc1ccc(OCCO)c(OC)c1)NC1CCN(CC2CCCCC2)CC1. The molecule has 0 bridgehead atoms. The van der Waals surface area contributed by atoms with Crippen LogP contribution in [-0.2, 0) is 6.54 Å². The third-order valence-electron chi connectivity index (χ3n) is 6.51. The van der Waals surface area contributed by atoms with Gasteiger partial charge in [0.1, 0.15) is 6.61 Å². The molecule has 7 heteroatoms. The number of nitrogens with zero attached hydrogens (tertiary/aromatic N) is 2. The number of ether oxygens (including phenoxy) is 2. The molecule has 0 aromatic heterocycles.